The summed E-state index contributed by atoms with van der Waals surface area (Å²) in [5.41, 5.74) is 2.62. The molecule has 1 amide bonds. The highest BCUT2D eigenvalue weighted by atomic mass is 16.5. The number of aryl methyl sites for hydroxylation is 2. The molecule has 2 aromatic rings. The summed E-state index contributed by atoms with van der Waals surface area (Å²) in [5.74, 6) is 0.964. The van der Waals surface area contributed by atoms with Gasteiger partial charge in [-0.25, -0.2) is 0 Å². The van der Waals surface area contributed by atoms with Crippen LogP contribution in [0.3, 0.4) is 0 Å². The quantitative estimate of drug-likeness (QED) is 0.929. The van der Waals surface area contributed by atoms with Gasteiger partial charge in [0.2, 0.25) is 0 Å². The molecule has 1 saturated carbocycles. The average Bonchev–Trinajstić information content (AvgIpc) is 3.12. The molecule has 4 nitrogen and oxygen atoms in total. The summed E-state index contributed by atoms with van der Waals surface area (Å²) in [4.78, 5) is 12.3. The molecule has 0 unspecified atom stereocenters. The van der Waals surface area contributed by atoms with Gasteiger partial charge in [-0.05, 0) is 25.3 Å². The van der Waals surface area contributed by atoms with Gasteiger partial charge in [0.05, 0.1) is 5.69 Å². The monoisotopic (exact) mass is 270 g/mol. The zero-order chi connectivity index (χ0) is 14.1. The Labute approximate surface area is 118 Å². The molecule has 3 rings (SSSR count). The van der Waals surface area contributed by atoms with Crippen molar-refractivity contribution in [2.45, 2.75) is 38.6 Å². The van der Waals surface area contributed by atoms with Crippen molar-refractivity contribution in [2.24, 2.45) is 0 Å². The van der Waals surface area contributed by atoms with Gasteiger partial charge in [0.15, 0.2) is 0 Å². The number of carbonyl (C=O) groups is 1. The van der Waals surface area contributed by atoms with Gasteiger partial charge in [-0.1, -0.05) is 42.4 Å². The van der Waals surface area contributed by atoms with Crippen LogP contribution in [0.4, 0.5) is 0 Å². The molecule has 1 heterocycles. The van der Waals surface area contributed by atoms with Crippen molar-refractivity contribution in [1.82, 2.24) is 10.5 Å². The Morgan fingerprint density at radius 3 is 2.85 bits per heavy atom. The number of hydrogen-bond acceptors (Lipinski definition) is 3. The first-order chi connectivity index (χ1) is 9.70. The van der Waals surface area contributed by atoms with Crippen molar-refractivity contribution in [1.29, 1.82) is 0 Å². The molecule has 0 radical (unpaired) electrons. The van der Waals surface area contributed by atoms with Crippen LogP contribution < -0.4 is 5.32 Å². The molecule has 1 aromatic heterocycles. The minimum absolute atomic E-state index is 0.0657. The third-order valence-electron chi connectivity index (χ3n) is 3.83. The fraction of sp³-hybridized carbons (Fsp3) is 0.375. The summed E-state index contributed by atoms with van der Waals surface area (Å²) >= 11 is 0. The van der Waals surface area contributed by atoms with Gasteiger partial charge in [-0.2, -0.15) is 0 Å². The van der Waals surface area contributed by atoms with E-state index in [-0.39, 0.29) is 11.9 Å². The number of nitrogens with zero attached hydrogens (tertiary/aromatic N) is 1. The standard InChI is InChI=1S/C16H18N2O2/c1-3-13-15(10(2)20-18-13)16(19)17-14-9-12(14)11-7-5-4-6-8-11/h4-8,12,14H,3,9H2,1-2H3,(H,17,19)/t12-,14+/m0/s1. The fourth-order valence-electron chi connectivity index (χ4n) is 2.61. The molecular weight excluding hydrogens is 252 g/mol. The summed E-state index contributed by atoms with van der Waals surface area (Å²) in [6.45, 7) is 3.75. The molecular formula is C16H18N2O2. The second kappa shape index (κ2) is 5.12. The third kappa shape index (κ3) is 2.33. The lowest BCUT2D eigenvalue weighted by Crippen LogP contribution is -2.27. The van der Waals surface area contributed by atoms with E-state index in [0.29, 0.717) is 23.7 Å². The van der Waals surface area contributed by atoms with Crippen LogP contribution in [0, 0.1) is 6.92 Å². The van der Waals surface area contributed by atoms with Gasteiger partial charge >= 0.3 is 0 Å². The van der Waals surface area contributed by atoms with Crippen molar-refractivity contribution in [3.8, 4) is 0 Å². The van der Waals surface area contributed by atoms with E-state index in [1.54, 1.807) is 6.92 Å². The highest BCUT2D eigenvalue weighted by Crippen LogP contribution is 2.40. The van der Waals surface area contributed by atoms with Gasteiger partial charge < -0.3 is 9.84 Å². The molecule has 0 aliphatic heterocycles. The maximum absolute atomic E-state index is 12.3. The molecule has 0 saturated heterocycles. The van der Waals surface area contributed by atoms with Crippen molar-refractivity contribution in [3.05, 3.63) is 52.9 Å². The van der Waals surface area contributed by atoms with Crippen LogP contribution in [0.5, 0.6) is 0 Å². The summed E-state index contributed by atoms with van der Waals surface area (Å²) in [5, 5.41) is 7.01. The molecule has 20 heavy (non-hydrogen) atoms. The lowest BCUT2D eigenvalue weighted by molar-refractivity contribution is 0.0948. The molecule has 0 spiro atoms. The summed E-state index contributed by atoms with van der Waals surface area (Å²) < 4.78 is 5.11. The lowest BCUT2D eigenvalue weighted by atomic mass is 10.1. The molecule has 1 aliphatic rings. The van der Waals surface area contributed by atoms with Crippen molar-refractivity contribution in [2.75, 3.05) is 0 Å². The molecule has 1 aromatic carbocycles. The van der Waals surface area contributed by atoms with Crippen molar-refractivity contribution < 1.29 is 9.32 Å². The molecule has 4 heteroatoms. The maximum Gasteiger partial charge on any atom is 0.257 e. The van der Waals surface area contributed by atoms with Gasteiger partial charge in [0.25, 0.3) is 5.91 Å². The van der Waals surface area contributed by atoms with Crippen LogP contribution in [0.1, 0.15) is 46.6 Å². The first-order valence-corrected chi connectivity index (χ1v) is 7.01. The van der Waals surface area contributed by atoms with E-state index >= 15 is 0 Å². The predicted octanol–water partition coefficient (Wildman–Crippen LogP) is 2.83. The van der Waals surface area contributed by atoms with E-state index in [1.165, 1.54) is 5.56 Å². The van der Waals surface area contributed by atoms with Crippen LogP contribution >= 0.6 is 0 Å². The van der Waals surface area contributed by atoms with Gasteiger partial charge in [0.1, 0.15) is 11.3 Å². The second-order valence-corrected chi connectivity index (χ2v) is 5.25. The molecule has 1 aliphatic carbocycles. The Morgan fingerprint density at radius 1 is 1.40 bits per heavy atom. The normalized spacial score (nSPS) is 20.7. The first kappa shape index (κ1) is 12.9. The lowest BCUT2D eigenvalue weighted by Gasteiger charge is -2.05. The molecule has 104 valence electrons. The number of nitrogens with one attached hydrogen (secondary N) is 1. The Hall–Kier alpha value is -2.10. The first-order valence-electron chi connectivity index (χ1n) is 7.01. The highest BCUT2D eigenvalue weighted by molar-refractivity contribution is 5.96. The van der Waals surface area contributed by atoms with Crippen LogP contribution in [0.15, 0.2) is 34.9 Å². The smallest absolute Gasteiger partial charge is 0.257 e. The van der Waals surface area contributed by atoms with Crippen molar-refractivity contribution >= 4 is 5.91 Å². The van der Waals surface area contributed by atoms with E-state index in [9.17, 15) is 4.79 Å². The number of amides is 1. The van der Waals surface area contributed by atoms with Crippen LogP contribution in [-0.2, 0) is 6.42 Å². The Morgan fingerprint density at radius 2 is 2.15 bits per heavy atom. The molecule has 1 fully saturated rings. The predicted molar refractivity (Wildman–Crippen MR) is 75.7 cm³/mol. The van der Waals surface area contributed by atoms with Crippen molar-refractivity contribution in [3.63, 3.8) is 0 Å². The SMILES string of the molecule is CCc1noc(C)c1C(=O)N[C@@H]1C[C@H]1c1ccccc1. The average molecular weight is 270 g/mol. The number of benzene rings is 1. The fourth-order valence-corrected chi connectivity index (χ4v) is 2.61. The Bertz CT molecular complexity index is 619. The third-order valence-corrected chi connectivity index (χ3v) is 3.83. The van der Waals surface area contributed by atoms with Crippen LogP contribution in [0.2, 0.25) is 0 Å². The van der Waals surface area contributed by atoms with E-state index in [1.807, 2.05) is 25.1 Å². The minimum Gasteiger partial charge on any atom is -0.361 e. The van der Waals surface area contributed by atoms with E-state index in [2.05, 4.69) is 22.6 Å². The maximum atomic E-state index is 12.3. The Balaban J connectivity index is 1.68. The van der Waals surface area contributed by atoms with Gasteiger partial charge in [-0.3, -0.25) is 4.79 Å². The number of hydrogen-bond donors (Lipinski definition) is 1. The minimum atomic E-state index is -0.0657. The molecule has 0 bridgehead atoms. The van der Waals surface area contributed by atoms with Gasteiger partial charge in [0, 0.05) is 12.0 Å². The zero-order valence-corrected chi connectivity index (χ0v) is 11.7. The van der Waals surface area contributed by atoms with Crippen LogP contribution in [0.25, 0.3) is 0 Å². The van der Waals surface area contributed by atoms with E-state index in [4.69, 9.17) is 4.52 Å². The topological polar surface area (TPSA) is 55.1 Å². The second-order valence-electron chi connectivity index (χ2n) is 5.25. The Kier molecular flexibility index (Phi) is 3.30. The zero-order valence-electron chi connectivity index (χ0n) is 11.7. The number of rotatable bonds is 4. The molecule has 1 N–H and O–H groups in total. The summed E-state index contributed by atoms with van der Waals surface area (Å²) in [6.07, 6.45) is 1.70. The van der Waals surface area contributed by atoms with E-state index in [0.717, 1.165) is 12.1 Å². The molecule has 2 atom stereocenters. The summed E-state index contributed by atoms with van der Waals surface area (Å²) in [6, 6.07) is 10.5. The largest absolute Gasteiger partial charge is 0.361 e. The highest BCUT2D eigenvalue weighted by Gasteiger charge is 2.40. The number of aromatic nitrogens is 1. The summed E-state index contributed by atoms with van der Waals surface area (Å²) in [7, 11) is 0. The number of carbonyl (C=O) groups excluding carboxylic acids is 1. The van der Waals surface area contributed by atoms with Crippen LogP contribution in [-0.4, -0.2) is 17.1 Å². The van der Waals surface area contributed by atoms with E-state index < -0.39 is 0 Å². The van der Waals surface area contributed by atoms with Gasteiger partial charge in [-0.15, -0.1) is 0 Å².